The molecule has 0 aliphatic carbocycles. The Bertz CT molecular complexity index is 1040. The molecule has 1 amide bonds. The molecule has 1 aliphatic rings. The van der Waals surface area contributed by atoms with Gasteiger partial charge in [0.15, 0.2) is 0 Å². The van der Waals surface area contributed by atoms with Crippen LogP contribution in [-0.4, -0.2) is 55.5 Å². The van der Waals surface area contributed by atoms with Crippen molar-refractivity contribution in [3.8, 4) is 11.5 Å². The Balaban J connectivity index is 2.04. The molecule has 1 atom stereocenters. The fourth-order valence-electron chi connectivity index (χ4n) is 4.36. The van der Waals surface area contributed by atoms with Crippen molar-refractivity contribution in [3.63, 3.8) is 0 Å². The van der Waals surface area contributed by atoms with Crippen molar-refractivity contribution in [1.82, 2.24) is 4.90 Å². The lowest BCUT2D eigenvalue weighted by molar-refractivity contribution is -0.895. The predicted octanol–water partition coefficient (Wildman–Crippen LogP) is 2.02. The van der Waals surface area contributed by atoms with Gasteiger partial charge in [0.2, 0.25) is 5.78 Å². The van der Waals surface area contributed by atoms with Crippen LogP contribution in [0.4, 0.5) is 0 Å². The number of nitrogens with zero attached hydrogens (tertiary/aromatic N) is 1. The summed E-state index contributed by atoms with van der Waals surface area (Å²) in [5.41, 5.74) is 1.06. The third-order valence-electron chi connectivity index (χ3n) is 6.23. The molecule has 1 N–H and O–H groups in total. The number of hydrogen-bond acceptors (Lipinski definition) is 5. The van der Waals surface area contributed by atoms with Gasteiger partial charge in [-0.15, -0.1) is 0 Å². The normalized spacial score (nSPS) is 17.5. The van der Waals surface area contributed by atoms with E-state index in [1.54, 1.807) is 41.3 Å². The molecule has 3 rings (SSSR count). The predicted molar refractivity (Wildman–Crippen MR) is 133 cm³/mol. The van der Waals surface area contributed by atoms with Crippen molar-refractivity contribution in [2.45, 2.75) is 46.8 Å². The fraction of sp³-hybridized carbons (Fsp3) is 0.429. The van der Waals surface area contributed by atoms with E-state index in [2.05, 4.69) is 13.8 Å². The van der Waals surface area contributed by atoms with Gasteiger partial charge in [0.25, 0.3) is 5.91 Å². The molecule has 1 aliphatic heterocycles. The van der Waals surface area contributed by atoms with Gasteiger partial charge in [-0.3, -0.25) is 9.59 Å². The highest BCUT2D eigenvalue weighted by molar-refractivity contribution is 6.46. The number of benzene rings is 2. The Labute approximate surface area is 207 Å². The molecule has 0 radical (unpaired) electrons. The lowest BCUT2D eigenvalue weighted by Gasteiger charge is -2.28. The zero-order chi connectivity index (χ0) is 25.5. The molecule has 35 heavy (non-hydrogen) atoms. The number of likely N-dealkylation sites (N-methyl/N-ethyl adjacent to an activating group) is 1. The van der Waals surface area contributed by atoms with E-state index in [-0.39, 0.29) is 11.7 Å². The quantitative estimate of drug-likeness (QED) is 0.302. The smallest absolute Gasteiger partial charge is 0.295 e. The number of quaternary nitrogens is 1. The molecule has 0 saturated carbocycles. The van der Waals surface area contributed by atoms with Crippen LogP contribution in [0, 0.1) is 0 Å². The standard InChI is InChI=1S/C28H36N2O5/c1-6-29(7-2)17-18-30-25(20-9-13-22(14-10-20)34-8-3)24(27(32)28(30)33)26(31)21-11-15-23(16-12-21)35-19(4)5/h9-16,19,25,31H,6-8,17-18H2,1-5H3. The molecule has 2 aromatic carbocycles. The Kier molecular flexibility index (Phi) is 8.93. The Morgan fingerprint density at radius 3 is 2.11 bits per heavy atom. The van der Waals surface area contributed by atoms with Gasteiger partial charge in [-0.05, 0) is 70.0 Å². The second kappa shape index (κ2) is 11.9. The molecule has 1 unspecified atom stereocenters. The monoisotopic (exact) mass is 480 g/mol. The van der Waals surface area contributed by atoms with Crippen LogP contribution in [0.25, 0.3) is 5.76 Å². The van der Waals surface area contributed by atoms with Crippen LogP contribution in [0.1, 0.15) is 51.8 Å². The maximum absolute atomic E-state index is 13.6. The molecule has 7 nitrogen and oxygen atoms in total. The van der Waals surface area contributed by atoms with Gasteiger partial charge in [-0.25, -0.2) is 0 Å². The Morgan fingerprint density at radius 1 is 0.971 bits per heavy atom. The molecule has 7 heteroatoms. The molecule has 1 saturated heterocycles. The zero-order valence-corrected chi connectivity index (χ0v) is 21.3. The van der Waals surface area contributed by atoms with Crippen molar-refractivity contribution in [2.24, 2.45) is 0 Å². The molecule has 0 bridgehead atoms. The van der Waals surface area contributed by atoms with Crippen LogP contribution in [0.3, 0.4) is 0 Å². The first kappa shape index (κ1) is 26.3. The van der Waals surface area contributed by atoms with E-state index in [4.69, 9.17) is 9.47 Å². The number of carbonyl (C=O) groups is 2. The minimum absolute atomic E-state index is 0.00509. The summed E-state index contributed by atoms with van der Waals surface area (Å²) in [7, 11) is 0. The van der Waals surface area contributed by atoms with Crippen LogP contribution < -0.4 is 19.5 Å². The van der Waals surface area contributed by atoms with Gasteiger partial charge in [-0.1, -0.05) is 30.0 Å². The van der Waals surface area contributed by atoms with Crippen LogP contribution >= 0.6 is 0 Å². The largest absolute Gasteiger partial charge is 0.872 e. The summed E-state index contributed by atoms with van der Waals surface area (Å²) in [5.74, 6) is -0.456. The molecule has 1 fully saturated rings. The minimum Gasteiger partial charge on any atom is -0.872 e. The first-order valence-corrected chi connectivity index (χ1v) is 12.4. The molecular formula is C28H36N2O5. The molecule has 0 aromatic heterocycles. The highest BCUT2D eigenvalue weighted by Gasteiger charge is 2.44. The zero-order valence-electron chi connectivity index (χ0n) is 21.3. The van der Waals surface area contributed by atoms with E-state index >= 15 is 0 Å². The summed E-state index contributed by atoms with van der Waals surface area (Å²) in [6.07, 6.45) is 0.00509. The number of likely N-dealkylation sites (tertiary alicyclic amines) is 1. The summed E-state index contributed by atoms with van der Waals surface area (Å²) < 4.78 is 11.2. The first-order valence-electron chi connectivity index (χ1n) is 12.4. The van der Waals surface area contributed by atoms with Crippen molar-refractivity contribution in [1.29, 1.82) is 0 Å². The molecule has 1 heterocycles. The second-order valence-electron chi connectivity index (χ2n) is 8.87. The van der Waals surface area contributed by atoms with Gasteiger partial charge in [0, 0.05) is 5.57 Å². The Morgan fingerprint density at radius 2 is 1.57 bits per heavy atom. The lowest BCUT2D eigenvalue weighted by Crippen LogP contribution is -3.12. The third kappa shape index (κ3) is 6.03. The van der Waals surface area contributed by atoms with Crippen molar-refractivity contribution >= 4 is 17.4 Å². The summed E-state index contributed by atoms with van der Waals surface area (Å²) in [5, 5.41) is 13.6. The number of amides is 1. The van der Waals surface area contributed by atoms with E-state index in [1.165, 1.54) is 4.90 Å². The van der Waals surface area contributed by atoms with Crippen molar-refractivity contribution < 1.29 is 29.1 Å². The summed E-state index contributed by atoms with van der Waals surface area (Å²) in [4.78, 5) is 29.2. The molecule has 2 aromatic rings. The SMILES string of the molecule is CCOc1ccc(C2C(=C([O-])c3ccc(OC(C)C)cc3)C(=O)C(=O)N2CC[NH+](CC)CC)cc1. The Hall–Kier alpha value is -3.32. The van der Waals surface area contributed by atoms with Gasteiger partial charge < -0.3 is 24.4 Å². The van der Waals surface area contributed by atoms with E-state index < -0.39 is 23.5 Å². The first-order chi connectivity index (χ1) is 16.8. The average Bonchev–Trinajstić information content (AvgIpc) is 3.10. The van der Waals surface area contributed by atoms with E-state index in [0.717, 1.165) is 13.1 Å². The van der Waals surface area contributed by atoms with Gasteiger partial charge in [0.05, 0.1) is 44.9 Å². The second-order valence-corrected chi connectivity index (χ2v) is 8.87. The van der Waals surface area contributed by atoms with E-state index in [0.29, 0.717) is 42.3 Å². The summed E-state index contributed by atoms with van der Waals surface area (Å²) in [6.45, 7) is 13.4. The van der Waals surface area contributed by atoms with Crippen molar-refractivity contribution in [2.75, 3.05) is 32.8 Å². The maximum atomic E-state index is 13.6. The lowest BCUT2D eigenvalue weighted by atomic mass is 9.95. The average molecular weight is 481 g/mol. The molecular weight excluding hydrogens is 444 g/mol. The van der Waals surface area contributed by atoms with Crippen LogP contribution in [0.5, 0.6) is 11.5 Å². The van der Waals surface area contributed by atoms with Crippen LogP contribution in [0.2, 0.25) is 0 Å². The van der Waals surface area contributed by atoms with Gasteiger partial charge in [0.1, 0.15) is 11.5 Å². The highest BCUT2D eigenvalue weighted by atomic mass is 16.5. The van der Waals surface area contributed by atoms with Gasteiger partial charge in [-0.2, -0.15) is 0 Å². The number of hydrogen-bond donors (Lipinski definition) is 1. The number of ether oxygens (including phenoxy) is 2. The maximum Gasteiger partial charge on any atom is 0.295 e. The topological polar surface area (TPSA) is 83.3 Å². The van der Waals surface area contributed by atoms with Crippen LogP contribution in [-0.2, 0) is 9.59 Å². The highest BCUT2D eigenvalue weighted by Crippen LogP contribution is 2.39. The minimum atomic E-state index is -0.736. The number of carbonyl (C=O) groups excluding carboxylic acids is 2. The van der Waals surface area contributed by atoms with E-state index in [1.807, 2.05) is 32.9 Å². The number of Topliss-reactive ketones (excluding diaryl/α,β-unsaturated/α-hetero) is 1. The van der Waals surface area contributed by atoms with Crippen molar-refractivity contribution in [3.05, 3.63) is 65.2 Å². The fourth-order valence-corrected chi connectivity index (χ4v) is 4.36. The third-order valence-corrected chi connectivity index (χ3v) is 6.23. The molecule has 0 spiro atoms. The van der Waals surface area contributed by atoms with E-state index in [9.17, 15) is 14.7 Å². The number of ketones is 1. The summed E-state index contributed by atoms with van der Waals surface area (Å²) >= 11 is 0. The van der Waals surface area contributed by atoms with Crippen LogP contribution in [0.15, 0.2) is 54.1 Å². The number of rotatable bonds is 11. The summed E-state index contributed by atoms with van der Waals surface area (Å²) in [6, 6.07) is 13.2. The molecule has 188 valence electrons. The number of nitrogens with one attached hydrogen (secondary N) is 1. The van der Waals surface area contributed by atoms with Gasteiger partial charge >= 0.3 is 0 Å².